The predicted octanol–water partition coefficient (Wildman–Crippen LogP) is 3.33. The van der Waals surface area contributed by atoms with Gasteiger partial charge in [-0.3, -0.25) is 0 Å². The first kappa shape index (κ1) is 10.5. The summed E-state index contributed by atoms with van der Waals surface area (Å²) in [6.07, 6.45) is 9.79. The second-order valence-electron chi connectivity index (χ2n) is 5.98. The molecule has 2 fully saturated rings. The molecule has 0 amide bonds. The molecule has 0 aromatic rings. The lowest BCUT2D eigenvalue weighted by Crippen LogP contribution is -2.36. The summed E-state index contributed by atoms with van der Waals surface area (Å²) in [5.41, 5.74) is 6.78. The van der Waals surface area contributed by atoms with Crippen molar-refractivity contribution in [3.05, 3.63) is 0 Å². The molecule has 82 valence electrons. The van der Waals surface area contributed by atoms with Crippen LogP contribution in [0, 0.1) is 17.8 Å². The second kappa shape index (κ2) is 3.84. The molecule has 14 heavy (non-hydrogen) atoms. The van der Waals surface area contributed by atoms with E-state index < -0.39 is 0 Å². The lowest BCUT2D eigenvalue weighted by Gasteiger charge is -2.29. The molecule has 2 aliphatic carbocycles. The molecule has 1 heteroatoms. The summed E-state index contributed by atoms with van der Waals surface area (Å²) in [7, 11) is 0. The molecule has 0 radical (unpaired) electrons. The van der Waals surface area contributed by atoms with Gasteiger partial charge in [0.25, 0.3) is 0 Å². The SMILES string of the molecule is CC(C)CC1CC1(N)C1CCCCC1. The van der Waals surface area contributed by atoms with Crippen LogP contribution in [0.1, 0.15) is 58.8 Å². The first-order chi connectivity index (χ1) is 6.63. The Morgan fingerprint density at radius 2 is 1.86 bits per heavy atom. The molecule has 0 aromatic heterocycles. The fourth-order valence-corrected chi connectivity index (χ4v) is 3.38. The van der Waals surface area contributed by atoms with Gasteiger partial charge in [0.1, 0.15) is 0 Å². The summed E-state index contributed by atoms with van der Waals surface area (Å²) in [6.45, 7) is 4.64. The molecule has 0 heterocycles. The van der Waals surface area contributed by atoms with Crippen LogP contribution in [0.5, 0.6) is 0 Å². The van der Waals surface area contributed by atoms with Crippen LogP contribution in [0.3, 0.4) is 0 Å². The molecule has 0 bridgehead atoms. The zero-order valence-electron chi connectivity index (χ0n) is 9.76. The van der Waals surface area contributed by atoms with E-state index in [1.54, 1.807) is 0 Å². The van der Waals surface area contributed by atoms with E-state index in [0.29, 0.717) is 0 Å². The Bertz CT molecular complexity index is 193. The van der Waals surface area contributed by atoms with Gasteiger partial charge < -0.3 is 5.73 Å². The molecule has 0 saturated heterocycles. The maximum atomic E-state index is 6.51. The summed E-state index contributed by atoms with van der Waals surface area (Å²) >= 11 is 0. The molecular weight excluding hydrogens is 170 g/mol. The smallest absolute Gasteiger partial charge is 0.0215 e. The lowest BCUT2D eigenvalue weighted by molar-refractivity contribution is 0.269. The standard InChI is InChI=1S/C13H25N/c1-10(2)8-12-9-13(12,14)11-6-4-3-5-7-11/h10-12H,3-9,14H2,1-2H3. The van der Waals surface area contributed by atoms with Gasteiger partial charge in [0, 0.05) is 5.54 Å². The Labute approximate surface area is 88.4 Å². The highest BCUT2D eigenvalue weighted by atomic mass is 14.9. The first-order valence-electron chi connectivity index (χ1n) is 6.42. The molecule has 0 aliphatic heterocycles. The van der Waals surface area contributed by atoms with Gasteiger partial charge >= 0.3 is 0 Å². The Morgan fingerprint density at radius 1 is 1.21 bits per heavy atom. The van der Waals surface area contributed by atoms with Gasteiger partial charge in [0.15, 0.2) is 0 Å². The summed E-state index contributed by atoms with van der Waals surface area (Å²) in [4.78, 5) is 0. The average molecular weight is 195 g/mol. The molecule has 2 aliphatic rings. The zero-order valence-corrected chi connectivity index (χ0v) is 9.76. The van der Waals surface area contributed by atoms with Crippen LogP contribution in [0.25, 0.3) is 0 Å². The fourth-order valence-electron chi connectivity index (χ4n) is 3.38. The third kappa shape index (κ3) is 1.98. The van der Waals surface area contributed by atoms with Crippen molar-refractivity contribution in [2.45, 2.75) is 64.3 Å². The van der Waals surface area contributed by atoms with E-state index in [1.165, 1.54) is 44.9 Å². The van der Waals surface area contributed by atoms with Gasteiger partial charge in [-0.05, 0) is 43.4 Å². The Balaban J connectivity index is 1.85. The van der Waals surface area contributed by atoms with Crippen molar-refractivity contribution >= 4 is 0 Å². The Morgan fingerprint density at radius 3 is 2.43 bits per heavy atom. The number of nitrogens with two attached hydrogens (primary N) is 1. The van der Waals surface area contributed by atoms with E-state index in [1.807, 2.05) is 0 Å². The van der Waals surface area contributed by atoms with Crippen molar-refractivity contribution in [3.63, 3.8) is 0 Å². The molecule has 0 aromatic carbocycles. The minimum atomic E-state index is 0.269. The first-order valence-corrected chi connectivity index (χ1v) is 6.42. The molecule has 2 saturated carbocycles. The van der Waals surface area contributed by atoms with Crippen LogP contribution in [-0.2, 0) is 0 Å². The largest absolute Gasteiger partial charge is 0.325 e. The summed E-state index contributed by atoms with van der Waals surface area (Å²) < 4.78 is 0. The van der Waals surface area contributed by atoms with Crippen molar-refractivity contribution < 1.29 is 0 Å². The van der Waals surface area contributed by atoms with Gasteiger partial charge in [0.2, 0.25) is 0 Å². The third-order valence-electron chi connectivity index (χ3n) is 4.32. The van der Waals surface area contributed by atoms with Crippen LogP contribution >= 0.6 is 0 Å². The average Bonchev–Trinajstić information content (AvgIpc) is 2.79. The topological polar surface area (TPSA) is 26.0 Å². The number of rotatable bonds is 3. The van der Waals surface area contributed by atoms with E-state index in [2.05, 4.69) is 13.8 Å². The highest BCUT2D eigenvalue weighted by molar-refractivity contribution is 5.11. The normalized spacial score (nSPS) is 39.0. The third-order valence-corrected chi connectivity index (χ3v) is 4.32. The van der Waals surface area contributed by atoms with Crippen molar-refractivity contribution in [1.29, 1.82) is 0 Å². The maximum absolute atomic E-state index is 6.51. The monoisotopic (exact) mass is 195 g/mol. The molecular formula is C13H25N. The van der Waals surface area contributed by atoms with Crippen LogP contribution < -0.4 is 5.73 Å². The van der Waals surface area contributed by atoms with E-state index in [-0.39, 0.29) is 5.54 Å². The minimum Gasteiger partial charge on any atom is -0.325 e. The zero-order chi connectivity index (χ0) is 10.2. The summed E-state index contributed by atoms with van der Waals surface area (Å²) in [5, 5.41) is 0. The van der Waals surface area contributed by atoms with E-state index in [4.69, 9.17) is 5.73 Å². The highest BCUT2D eigenvalue weighted by Gasteiger charge is 2.55. The van der Waals surface area contributed by atoms with Gasteiger partial charge in [-0.1, -0.05) is 33.1 Å². The maximum Gasteiger partial charge on any atom is 0.0215 e. The molecule has 1 nitrogen and oxygen atoms in total. The fraction of sp³-hybridized carbons (Fsp3) is 1.00. The van der Waals surface area contributed by atoms with Crippen molar-refractivity contribution in [1.82, 2.24) is 0 Å². The van der Waals surface area contributed by atoms with Gasteiger partial charge in [-0.2, -0.15) is 0 Å². The van der Waals surface area contributed by atoms with Crippen molar-refractivity contribution in [2.24, 2.45) is 23.5 Å². The minimum absolute atomic E-state index is 0.269. The van der Waals surface area contributed by atoms with Crippen LogP contribution in [0.2, 0.25) is 0 Å². The number of hydrogen-bond donors (Lipinski definition) is 1. The molecule has 0 spiro atoms. The highest BCUT2D eigenvalue weighted by Crippen LogP contribution is 2.53. The second-order valence-corrected chi connectivity index (χ2v) is 5.98. The van der Waals surface area contributed by atoms with Crippen molar-refractivity contribution in [3.8, 4) is 0 Å². The number of hydrogen-bond acceptors (Lipinski definition) is 1. The molecule has 2 unspecified atom stereocenters. The van der Waals surface area contributed by atoms with Crippen LogP contribution in [0.4, 0.5) is 0 Å². The van der Waals surface area contributed by atoms with Gasteiger partial charge in [-0.15, -0.1) is 0 Å². The van der Waals surface area contributed by atoms with Crippen LogP contribution in [-0.4, -0.2) is 5.54 Å². The summed E-state index contributed by atoms with van der Waals surface area (Å²) in [5.74, 6) is 2.54. The predicted molar refractivity (Wildman–Crippen MR) is 61.1 cm³/mol. The van der Waals surface area contributed by atoms with Gasteiger partial charge in [0.05, 0.1) is 0 Å². The Kier molecular flexibility index (Phi) is 2.88. The Hall–Kier alpha value is -0.0400. The van der Waals surface area contributed by atoms with Crippen molar-refractivity contribution in [2.75, 3.05) is 0 Å². The van der Waals surface area contributed by atoms with Crippen LogP contribution in [0.15, 0.2) is 0 Å². The van der Waals surface area contributed by atoms with E-state index in [9.17, 15) is 0 Å². The molecule has 2 rings (SSSR count). The molecule has 2 N–H and O–H groups in total. The molecule has 2 atom stereocenters. The lowest BCUT2D eigenvalue weighted by atomic mass is 9.81. The quantitative estimate of drug-likeness (QED) is 0.734. The van der Waals surface area contributed by atoms with E-state index in [0.717, 1.165) is 17.8 Å². The van der Waals surface area contributed by atoms with E-state index >= 15 is 0 Å². The van der Waals surface area contributed by atoms with Gasteiger partial charge in [-0.25, -0.2) is 0 Å². The summed E-state index contributed by atoms with van der Waals surface area (Å²) in [6, 6.07) is 0.